The van der Waals surface area contributed by atoms with Crippen LogP contribution < -0.4 is 0 Å². The summed E-state index contributed by atoms with van der Waals surface area (Å²) in [7, 11) is 0. The van der Waals surface area contributed by atoms with Gasteiger partial charge >= 0.3 is 0 Å². The summed E-state index contributed by atoms with van der Waals surface area (Å²) < 4.78 is 0. The second-order valence-electron chi connectivity index (χ2n) is 5.08. The van der Waals surface area contributed by atoms with Gasteiger partial charge < -0.3 is 0 Å². The van der Waals surface area contributed by atoms with Gasteiger partial charge in [0, 0.05) is 24.2 Å². The molecule has 0 N–H and O–H groups in total. The minimum Gasteiger partial charge on any atom is -0.295 e. The summed E-state index contributed by atoms with van der Waals surface area (Å²) in [4.78, 5) is 15.0. The smallest absolute Gasteiger partial charge is 0.187 e. The van der Waals surface area contributed by atoms with Gasteiger partial charge in [-0.3, -0.25) is 9.69 Å². The molecule has 21 heavy (non-hydrogen) atoms. The molecule has 0 bridgehead atoms. The summed E-state index contributed by atoms with van der Waals surface area (Å²) in [6.07, 6.45) is 4.06. The van der Waals surface area contributed by atoms with Crippen molar-refractivity contribution < 1.29 is 4.79 Å². The molecule has 0 spiro atoms. The first-order chi connectivity index (χ1) is 10.3. The van der Waals surface area contributed by atoms with Crippen LogP contribution >= 0.6 is 22.7 Å². The van der Waals surface area contributed by atoms with E-state index in [2.05, 4.69) is 34.7 Å². The Morgan fingerprint density at radius 1 is 1.05 bits per heavy atom. The van der Waals surface area contributed by atoms with Crippen LogP contribution in [-0.4, -0.2) is 30.3 Å². The van der Waals surface area contributed by atoms with Crippen molar-refractivity contribution in [3.63, 3.8) is 0 Å². The average Bonchev–Trinajstić information content (AvgIpc) is 3.16. The number of piperidine rings is 1. The molecule has 2 aromatic heterocycles. The second-order valence-corrected chi connectivity index (χ2v) is 6.64. The van der Waals surface area contributed by atoms with Crippen LogP contribution in [0.4, 0.5) is 0 Å². The Balaban J connectivity index is 1.93. The van der Waals surface area contributed by atoms with Gasteiger partial charge in [0.1, 0.15) is 0 Å². The molecule has 4 heteroatoms. The molecule has 3 rings (SSSR count). The standard InChI is InChI=1S/C17H17NOS2/c1-2-18-9-15(7-13-3-5-20-11-13)17(19)16(10-18)8-14-4-6-21-12-14/h3-8,11-12H,2,9-10H2,1H3/b15-7-,16-8+. The van der Waals surface area contributed by atoms with E-state index in [1.807, 2.05) is 22.9 Å². The molecule has 0 aliphatic carbocycles. The third-order valence-electron chi connectivity index (χ3n) is 3.59. The van der Waals surface area contributed by atoms with Crippen LogP contribution in [0.1, 0.15) is 18.1 Å². The van der Waals surface area contributed by atoms with E-state index in [1.165, 1.54) is 0 Å². The number of hydrogen-bond acceptors (Lipinski definition) is 4. The van der Waals surface area contributed by atoms with Gasteiger partial charge in [-0.2, -0.15) is 22.7 Å². The lowest BCUT2D eigenvalue weighted by Gasteiger charge is -2.28. The number of nitrogens with zero attached hydrogens (tertiary/aromatic N) is 1. The fourth-order valence-electron chi connectivity index (χ4n) is 2.45. The highest BCUT2D eigenvalue weighted by Crippen LogP contribution is 2.23. The number of thiophene rings is 2. The van der Waals surface area contributed by atoms with Crippen molar-refractivity contribution in [1.82, 2.24) is 4.90 Å². The van der Waals surface area contributed by atoms with Crippen LogP contribution in [0.3, 0.4) is 0 Å². The number of rotatable bonds is 3. The zero-order valence-corrected chi connectivity index (χ0v) is 13.5. The molecule has 108 valence electrons. The molecule has 2 nitrogen and oxygen atoms in total. The molecular weight excluding hydrogens is 298 g/mol. The predicted octanol–water partition coefficient (Wildman–Crippen LogP) is 4.18. The highest BCUT2D eigenvalue weighted by atomic mass is 32.1. The molecule has 3 heterocycles. The Bertz CT molecular complexity index is 609. The first-order valence-corrected chi connectivity index (χ1v) is 8.87. The van der Waals surface area contributed by atoms with Crippen LogP contribution in [-0.2, 0) is 4.79 Å². The number of Topliss-reactive ketones (excluding diaryl/α,β-unsaturated/α-hetero) is 1. The average molecular weight is 315 g/mol. The lowest BCUT2D eigenvalue weighted by molar-refractivity contribution is -0.113. The van der Waals surface area contributed by atoms with E-state index in [9.17, 15) is 4.79 Å². The summed E-state index contributed by atoms with van der Waals surface area (Å²) in [6.45, 7) is 4.58. The zero-order valence-electron chi connectivity index (χ0n) is 11.9. The molecule has 0 saturated carbocycles. The molecule has 1 aliphatic rings. The van der Waals surface area contributed by atoms with Crippen LogP contribution in [0.5, 0.6) is 0 Å². The fourth-order valence-corrected chi connectivity index (χ4v) is 3.69. The van der Waals surface area contributed by atoms with Gasteiger partial charge in [0.15, 0.2) is 5.78 Å². The van der Waals surface area contributed by atoms with Crippen molar-refractivity contribution >= 4 is 40.6 Å². The molecule has 1 aliphatic heterocycles. The maximum absolute atomic E-state index is 12.7. The summed E-state index contributed by atoms with van der Waals surface area (Å²) in [5.74, 6) is 0.192. The van der Waals surface area contributed by atoms with Crippen LogP contribution in [0, 0.1) is 0 Å². The second kappa shape index (κ2) is 6.52. The molecule has 1 fully saturated rings. The van der Waals surface area contributed by atoms with E-state index >= 15 is 0 Å². The van der Waals surface area contributed by atoms with Gasteiger partial charge in [-0.25, -0.2) is 0 Å². The number of hydrogen-bond donors (Lipinski definition) is 0. The monoisotopic (exact) mass is 315 g/mol. The van der Waals surface area contributed by atoms with Crippen molar-refractivity contribution in [1.29, 1.82) is 0 Å². The van der Waals surface area contributed by atoms with Crippen LogP contribution in [0.2, 0.25) is 0 Å². The van der Waals surface area contributed by atoms with Gasteiger partial charge in [-0.15, -0.1) is 0 Å². The summed E-state index contributed by atoms with van der Waals surface area (Å²) in [5, 5.41) is 8.24. The van der Waals surface area contributed by atoms with Gasteiger partial charge in [0.05, 0.1) is 0 Å². The molecule has 1 saturated heterocycles. The Morgan fingerprint density at radius 3 is 1.95 bits per heavy atom. The SMILES string of the molecule is CCN1C/C(=C/c2ccsc2)C(=O)/C(=C/c2ccsc2)C1. The summed E-state index contributed by atoms with van der Waals surface area (Å²) in [5.41, 5.74) is 4.03. The van der Waals surface area contributed by atoms with Crippen LogP contribution in [0.25, 0.3) is 12.2 Å². The molecule has 0 amide bonds. The Labute approximate surface area is 133 Å². The molecule has 0 atom stereocenters. The predicted molar refractivity (Wildman–Crippen MR) is 91.7 cm³/mol. The lowest BCUT2D eigenvalue weighted by atomic mass is 9.95. The lowest BCUT2D eigenvalue weighted by Crippen LogP contribution is -2.37. The van der Waals surface area contributed by atoms with Gasteiger partial charge in [-0.05, 0) is 63.5 Å². The Kier molecular flexibility index (Phi) is 4.48. The van der Waals surface area contributed by atoms with Crippen molar-refractivity contribution in [3.8, 4) is 0 Å². The minimum absolute atomic E-state index is 0.192. The van der Waals surface area contributed by atoms with E-state index < -0.39 is 0 Å². The molecular formula is C17H17NOS2. The van der Waals surface area contributed by atoms with Crippen molar-refractivity contribution in [3.05, 3.63) is 55.9 Å². The Morgan fingerprint density at radius 2 is 1.57 bits per heavy atom. The van der Waals surface area contributed by atoms with Crippen molar-refractivity contribution in [2.75, 3.05) is 19.6 Å². The quantitative estimate of drug-likeness (QED) is 0.792. The molecule has 2 aromatic rings. The number of ketones is 1. The minimum atomic E-state index is 0.192. The molecule has 0 radical (unpaired) electrons. The van der Waals surface area contributed by atoms with Gasteiger partial charge in [0.2, 0.25) is 0 Å². The third-order valence-corrected chi connectivity index (χ3v) is 4.99. The Hall–Kier alpha value is -1.49. The first kappa shape index (κ1) is 14.4. The van der Waals surface area contributed by atoms with E-state index in [1.54, 1.807) is 22.7 Å². The largest absolute Gasteiger partial charge is 0.295 e. The maximum Gasteiger partial charge on any atom is 0.187 e. The summed E-state index contributed by atoms with van der Waals surface area (Å²) in [6, 6.07) is 4.11. The van der Waals surface area contributed by atoms with Gasteiger partial charge in [-0.1, -0.05) is 6.92 Å². The van der Waals surface area contributed by atoms with Crippen molar-refractivity contribution in [2.24, 2.45) is 0 Å². The summed E-state index contributed by atoms with van der Waals surface area (Å²) >= 11 is 3.32. The number of likely N-dealkylation sites (tertiary alicyclic amines) is 1. The number of carbonyl (C=O) groups excluding carboxylic acids is 1. The number of likely N-dealkylation sites (N-methyl/N-ethyl adjacent to an activating group) is 1. The normalized spacial score (nSPS) is 20.5. The highest BCUT2D eigenvalue weighted by molar-refractivity contribution is 7.08. The van der Waals surface area contributed by atoms with Gasteiger partial charge in [0.25, 0.3) is 0 Å². The van der Waals surface area contributed by atoms with E-state index in [4.69, 9.17) is 0 Å². The molecule has 0 aromatic carbocycles. The van der Waals surface area contributed by atoms with E-state index in [0.717, 1.165) is 41.9 Å². The molecule has 0 unspecified atom stereocenters. The fraction of sp³-hybridized carbons (Fsp3) is 0.235. The van der Waals surface area contributed by atoms with E-state index in [0.29, 0.717) is 0 Å². The topological polar surface area (TPSA) is 20.3 Å². The van der Waals surface area contributed by atoms with E-state index in [-0.39, 0.29) is 5.78 Å². The highest BCUT2D eigenvalue weighted by Gasteiger charge is 2.25. The third kappa shape index (κ3) is 3.40. The van der Waals surface area contributed by atoms with Crippen LogP contribution in [0.15, 0.2) is 44.8 Å². The zero-order chi connectivity index (χ0) is 14.7. The van der Waals surface area contributed by atoms with Crippen molar-refractivity contribution in [2.45, 2.75) is 6.92 Å². The number of carbonyl (C=O) groups is 1. The first-order valence-electron chi connectivity index (χ1n) is 6.99. The maximum atomic E-state index is 12.7.